The van der Waals surface area contributed by atoms with Crippen molar-refractivity contribution in [1.29, 1.82) is 0 Å². The molecule has 0 N–H and O–H groups in total. The second-order valence-electron chi connectivity index (χ2n) is 2.55. The summed E-state index contributed by atoms with van der Waals surface area (Å²) in [7, 11) is -2.73. The zero-order chi connectivity index (χ0) is 8.70. The lowest BCUT2D eigenvalue weighted by Gasteiger charge is -2.33. The zero-order valence-corrected chi connectivity index (χ0v) is 6.70. The van der Waals surface area contributed by atoms with Crippen molar-refractivity contribution in [3.63, 3.8) is 0 Å². The molecule has 0 spiro atoms. The van der Waals surface area contributed by atoms with Crippen molar-refractivity contribution in [1.82, 2.24) is 0 Å². The predicted octanol–water partition coefficient (Wildman–Crippen LogP) is 0.760. The van der Waals surface area contributed by atoms with Gasteiger partial charge in [0.15, 0.2) is 0 Å². The molecule has 0 aromatic carbocycles. The van der Waals surface area contributed by atoms with Gasteiger partial charge in [0, 0.05) is 12.8 Å². The monoisotopic (exact) mass is 186 g/mol. The maximum absolute atomic E-state index is 12.1. The molecular weight excluding hydrogens is 178 g/mol. The van der Waals surface area contributed by atoms with Crippen LogP contribution in [-0.4, -0.2) is 26.7 Å². The van der Waals surface area contributed by atoms with Gasteiger partial charge in [0.1, 0.15) is 0 Å². The Morgan fingerprint density at radius 1 is 1.45 bits per heavy atom. The molecule has 0 radical (unpaired) electrons. The molecule has 3 nitrogen and oxygen atoms in total. The molecule has 6 heteroatoms. The van der Waals surface area contributed by atoms with Crippen molar-refractivity contribution in [2.45, 2.75) is 24.0 Å². The molecule has 0 aromatic rings. The predicted molar refractivity (Wildman–Crippen MR) is 33.9 cm³/mol. The standard InChI is InChI=1S/C5H8F2O3S/c1-10-11(8,9)4-2-5(6,7)3-4/h4H,2-3H2,1H3. The molecule has 1 saturated carbocycles. The minimum Gasteiger partial charge on any atom is -0.273 e. The Bertz CT molecular complexity index is 238. The Morgan fingerprint density at radius 2 is 1.91 bits per heavy atom. The molecule has 66 valence electrons. The van der Waals surface area contributed by atoms with Crippen LogP contribution in [0.25, 0.3) is 0 Å². The van der Waals surface area contributed by atoms with Gasteiger partial charge in [-0.05, 0) is 0 Å². The van der Waals surface area contributed by atoms with Crippen LogP contribution in [-0.2, 0) is 14.3 Å². The van der Waals surface area contributed by atoms with Crippen molar-refractivity contribution >= 4 is 10.1 Å². The summed E-state index contributed by atoms with van der Waals surface area (Å²) in [6, 6.07) is 0. The van der Waals surface area contributed by atoms with Gasteiger partial charge < -0.3 is 0 Å². The Hall–Kier alpha value is -0.230. The molecule has 1 fully saturated rings. The zero-order valence-electron chi connectivity index (χ0n) is 5.88. The van der Waals surface area contributed by atoms with Crippen LogP contribution in [0.15, 0.2) is 0 Å². The fourth-order valence-electron chi connectivity index (χ4n) is 0.947. The fraction of sp³-hybridized carbons (Fsp3) is 1.00. The van der Waals surface area contributed by atoms with E-state index in [0.717, 1.165) is 7.11 Å². The van der Waals surface area contributed by atoms with Crippen LogP contribution in [0.2, 0.25) is 0 Å². The highest BCUT2D eigenvalue weighted by Gasteiger charge is 2.51. The maximum atomic E-state index is 12.1. The molecular formula is C5H8F2O3S. The second kappa shape index (κ2) is 2.38. The van der Waals surface area contributed by atoms with Crippen molar-refractivity contribution in [3.8, 4) is 0 Å². The van der Waals surface area contributed by atoms with Crippen molar-refractivity contribution in [2.75, 3.05) is 7.11 Å². The third-order valence-corrected chi connectivity index (χ3v) is 3.31. The lowest BCUT2D eigenvalue weighted by Crippen LogP contribution is -2.44. The van der Waals surface area contributed by atoms with E-state index in [1.165, 1.54) is 0 Å². The first kappa shape index (κ1) is 8.86. The van der Waals surface area contributed by atoms with Gasteiger partial charge >= 0.3 is 0 Å². The molecule has 0 amide bonds. The maximum Gasteiger partial charge on any atom is 0.270 e. The minimum absolute atomic E-state index is 0.608. The minimum atomic E-state index is -3.71. The lowest BCUT2D eigenvalue weighted by molar-refractivity contribution is -0.0701. The summed E-state index contributed by atoms with van der Waals surface area (Å²) in [6.07, 6.45) is -1.22. The number of hydrogen-bond donors (Lipinski definition) is 0. The average Bonchev–Trinajstić information content (AvgIpc) is 1.83. The normalized spacial score (nSPS) is 24.6. The highest BCUT2D eigenvalue weighted by Crippen LogP contribution is 2.41. The molecule has 0 atom stereocenters. The van der Waals surface area contributed by atoms with Crippen molar-refractivity contribution in [2.24, 2.45) is 0 Å². The van der Waals surface area contributed by atoms with E-state index in [1.54, 1.807) is 0 Å². The van der Waals surface area contributed by atoms with Crippen LogP contribution < -0.4 is 0 Å². The summed E-state index contributed by atoms with van der Waals surface area (Å²) in [5.74, 6) is -2.81. The summed E-state index contributed by atoms with van der Waals surface area (Å²) >= 11 is 0. The van der Waals surface area contributed by atoms with E-state index in [9.17, 15) is 17.2 Å². The van der Waals surface area contributed by atoms with E-state index in [4.69, 9.17) is 0 Å². The fourth-order valence-corrected chi connectivity index (χ4v) is 2.11. The summed E-state index contributed by atoms with van der Waals surface area (Å²) in [4.78, 5) is 0. The number of hydrogen-bond acceptors (Lipinski definition) is 3. The van der Waals surface area contributed by atoms with Gasteiger partial charge in [-0.3, -0.25) is 4.18 Å². The van der Waals surface area contributed by atoms with Gasteiger partial charge in [-0.1, -0.05) is 0 Å². The van der Waals surface area contributed by atoms with E-state index in [1.807, 2.05) is 0 Å². The van der Waals surface area contributed by atoms with Gasteiger partial charge in [-0.25, -0.2) is 8.78 Å². The summed E-state index contributed by atoms with van der Waals surface area (Å²) in [5, 5.41) is -1.01. The van der Waals surface area contributed by atoms with Gasteiger partial charge in [0.2, 0.25) is 0 Å². The lowest BCUT2D eigenvalue weighted by atomic mass is 9.94. The molecule has 1 aliphatic rings. The molecule has 0 unspecified atom stereocenters. The van der Waals surface area contributed by atoms with Gasteiger partial charge in [0.05, 0.1) is 12.4 Å². The van der Waals surface area contributed by atoms with Gasteiger partial charge in [-0.2, -0.15) is 8.42 Å². The van der Waals surface area contributed by atoms with E-state index in [-0.39, 0.29) is 0 Å². The molecule has 0 heterocycles. The highest BCUT2D eigenvalue weighted by atomic mass is 32.2. The molecule has 0 bridgehead atoms. The smallest absolute Gasteiger partial charge is 0.270 e. The Kier molecular flexibility index (Phi) is 1.92. The third kappa shape index (κ3) is 1.67. The molecule has 0 saturated heterocycles. The van der Waals surface area contributed by atoms with Crippen LogP contribution >= 0.6 is 0 Å². The van der Waals surface area contributed by atoms with E-state index >= 15 is 0 Å². The van der Waals surface area contributed by atoms with E-state index < -0.39 is 34.1 Å². The van der Waals surface area contributed by atoms with Crippen LogP contribution in [0.1, 0.15) is 12.8 Å². The molecule has 1 rings (SSSR count). The summed E-state index contributed by atoms with van der Waals surface area (Å²) in [5.41, 5.74) is 0. The SMILES string of the molecule is COS(=O)(=O)C1CC(F)(F)C1. The number of halogens is 2. The van der Waals surface area contributed by atoms with Crippen LogP contribution in [0, 0.1) is 0 Å². The molecule has 11 heavy (non-hydrogen) atoms. The Balaban J connectivity index is 2.58. The molecule has 1 aliphatic carbocycles. The first-order valence-corrected chi connectivity index (χ1v) is 4.52. The van der Waals surface area contributed by atoms with Crippen molar-refractivity contribution < 1.29 is 21.4 Å². The van der Waals surface area contributed by atoms with Crippen LogP contribution in [0.5, 0.6) is 0 Å². The van der Waals surface area contributed by atoms with E-state index in [0.29, 0.717) is 0 Å². The van der Waals surface area contributed by atoms with Gasteiger partial charge in [-0.15, -0.1) is 0 Å². The first-order chi connectivity index (χ1) is 4.87. The summed E-state index contributed by atoms with van der Waals surface area (Å²) in [6.45, 7) is 0. The summed E-state index contributed by atoms with van der Waals surface area (Å²) < 4.78 is 49.8. The van der Waals surface area contributed by atoms with E-state index in [2.05, 4.69) is 4.18 Å². The number of rotatable bonds is 2. The topological polar surface area (TPSA) is 43.4 Å². The Morgan fingerprint density at radius 3 is 2.18 bits per heavy atom. The quantitative estimate of drug-likeness (QED) is 0.598. The largest absolute Gasteiger partial charge is 0.273 e. The number of alkyl halides is 2. The Labute approximate surface area is 63.5 Å². The second-order valence-corrected chi connectivity index (χ2v) is 4.53. The van der Waals surface area contributed by atoms with Crippen molar-refractivity contribution in [3.05, 3.63) is 0 Å². The first-order valence-electron chi connectivity index (χ1n) is 3.05. The third-order valence-electron chi connectivity index (χ3n) is 1.69. The molecule has 0 aromatic heterocycles. The van der Waals surface area contributed by atoms with Crippen LogP contribution in [0.3, 0.4) is 0 Å². The molecule has 0 aliphatic heterocycles. The average molecular weight is 186 g/mol. The van der Waals surface area contributed by atoms with Gasteiger partial charge in [0.25, 0.3) is 16.0 Å². The van der Waals surface area contributed by atoms with Crippen LogP contribution in [0.4, 0.5) is 8.78 Å². The highest BCUT2D eigenvalue weighted by molar-refractivity contribution is 7.87.